The van der Waals surface area contributed by atoms with E-state index >= 15 is 0 Å². The van der Waals surface area contributed by atoms with E-state index in [1.54, 1.807) is 0 Å². The predicted molar refractivity (Wildman–Crippen MR) is 97.7 cm³/mol. The minimum Gasteiger partial charge on any atom is -0.507 e. The van der Waals surface area contributed by atoms with Crippen LogP contribution in [0.5, 0.6) is 5.75 Å². The first-order valence-corrected chi connectivity index (χ1v) is 8.36. The van der Waals surface area contributed by atoms with Crippen molar-refractivity contribution in [2.75, 3.05) is 0 Å². The van der Waals surface area contributed by atoms with Gasteiger partial charge in [0.25, 0.3) is 0 Å². The van der Waals surface area contributed by atoms with E-state index in [4.69, 9.17) is 0 Å². The molecule has 0 radical (unpaired) electrons. The molecule has 1 N–H and O–H groups in total. The number of phenolic OH excluding ortho intramolecular Hbond substituents is 1. The van der Waals surface area contributed by atoms with Gasteiger partial charge in [-0.15, -0.1) is 0 Å². The van der Waals surface area contributed by atoms with E-state index in [1.807, 2.05) is 19.1 Å². The molecule has 0 unspecified atom stereocenters. The van der Waals surface area contributed by atoms with Crippen LogP contribution in [0.25, 0.3) is 11.1 Å². The molecule has 130 valence electrons. The number of phenols is 1. The monoisotopic (exact) mass is 340 g/mol. The number of aromatic hydroxyl groups is 1. The zero-order valence-electron chi connectivity index (χ0n) is 15.2. The van der Waals surface area contributed by atoms with Gasteiger partial charge in [0, 0.05) is 17.5 Å². The van der Waals surface area contributed by atoms with Crippen LogP contribution in [0.15, 0.2) is 52.6 Å². The lowest BCUT2D eigenvalue weighted by Crippen LogP contribution is -2.03. The molecule has 3 rings (SSSR count). The molecule has 0 bridgehead atoms. The third kappa shape index (κ3) is 2.78. The number of hydrogen-bond donors (Lipinski definition) is 1. The maximum absolute atomic E-state index is 13.8. The fourth-order valence-electron chi connectivity index (χ4n) is 3.73. The van der Waals surface area contributed by atoms with Gasteiger partial charge in [0.2, 0.25) is 0 Å². The number of aryl methyl sites for hydroxylation is 1. The molecule has 2 aromatic carbocycles. The van der Waals surface area contributed by atoms with Gasteiger partial charge in [0.1, 0.15) is 5.75 Å². The largest absolute Gasteiger partial charge is 0.507 e. The minimum absolute atomic E-state index is 0.0856. The fourth-order valence-corrected chi connectivity index (χ4v) is 3.73. The Hall–Kier alpha value is -2.42. The maximum atomic E-state index is 13.8. The molecule has 0 aliphatic heterocycles. The second kappa shape index (κ2) is 6.14. The molecule has 0 atom stereocenters. The first kappa shape index (κ1) is 17.4. The van der Waals surface area contributed by atoms with Crippen molar-refractivity contribution in [1.29, 1.82) is 0 Å². The van der Waals surface area contributed by atoms with Crippen molar-refractivity contribution in [3.63, 3.8) is 0 Å². The summed E-state index contributed by atoms with van der Waals surface area (Å²) in [5.41, 5.74) is 8.18. The molecular weight excluding hydrogens is 318 g/mol. The first-order chi connectivity index (χ1) is 11.7. The fraction of sp³-hybridized carbons (Fsp3) is 0.273. The Labute approximate surface area is 147 Å². The predicted octanol–water partition coefficient (Wildman–Crippen LogP) is 6.42. The Morgan fingerprint density at radius 2 is 1.32 bits per heavy atom. The molecule has 0 aromatic heterocycles. The van der Waals surface area contributed by atoms with Crippen LogP contribution in [0.3, 0.4) is 0 Å². The summed E-state index contributed by atoms with van der Waals surface area (Å²) < 4.78 is 27.2. The number of hydrogen-bond acceptors (Lipinski definition) is 1. The summed E-state index contributed by atoms with van der Waals surface area (Å²) in [7, 11) is 0. The summed E-state index contributed by atoms with van der Waals surface area (Å²) in [4.78, 5) is 0. The molecule has 25 heavy (non-hydrogen) atoms. The maximum Gasteiger partial charge on any atom is 0.162 e. The molecular formula is C22H22F2O. The normalized spacial score (nSPS) is 15.5. The topological polar surface area (TPSA) is 20.2 Å². The lowest BCUT2D eigenvalue weighted by atomic mass is 9.83. The van der Waals surface area contributed by atoms with Crippen LogP contribution in [0.1, 0.15) is 44.7 Å². The third-order valence-electron chi connectivity index (χ3n) is 5.46. The SMILES string of the molecule is CC1=C(C)C(c2cc(C)ccc2-c2cc(F)c(F)cc2O)C(C)=C1C. The van der Waals surface area contributed by atoms with Crippen LogP contribution < -0.4 is 0 Å². The van der Waals surface area contributed by atoms with Gasteiger partial charge < -0.3 is 5.11 Å². The van der Waals surface area contributed by atoms with Crippen LogP contribution in [-0.4, -0.2) is 5.11 Å². The lowest BCUT2D eigenvalue weighted by molar-refractivity contribution is 0.457. The smallest absolute Gasteiger partial charge is 0.162 e. The van der Waals surface area contributed by atoms with Gasteiger partial charge in [0.05, 0.1) is 0 Å². The molecule has 1 aliphatic rings. The van der Waals surface area contributed by atoms with Gasteiger partial charge in [-0.2, -0.15) is 0 Å². The third-order valence-corrected chi connectivity index (χ3v) is 5.46. The number of allylic oxidation sites excluding steroid dienone is 4. The summed E-state index contributed by atoms with van der Waals surface area (Å²) in [6.07, 6.45) is 0. The first-order valence-electron chi connectivity index (χ1n) is 8.36. The van der Waals surface area contributed by atoms with E-state index in [0.29, 0.717) is 5.56 Å². The van der Waals surface area contributed by atoms with E-state index in [1.165, 1.54) is 22.3 Å². The van der Waals surface area contributed by atoms with Crippen molar-refractivity contribution in [1.82, 2.24) is 0 Å². The van der Waals surface area contributed by atoms with Crippen LogP contribution in [0.4, 0.5) is 8.78 Å². The molecule has 0 spiro atoms. The van der Waals surface area contributed by atoms with Crippen molar-refractivity contribution in [3.8, 4) is 16.9 Å². The Bertz CT molecular complexity index is 911. The average molecular weight is 340 g/mol. The van der Waals surface area contributed by atoms with Gasteiger partial charge in [0.15, 0.2) is 11.6 Å². The van der Waals surface area contributed by atoms with Crippen LogP contribution in [0.2, 0.25) is 0 Å². The highest BCUT2D eigenvalue weighted by Crippen LogP contribution is 2.47. The summed E-state index contributed by atoms with van der Waals surface area (Å²) >= 11 is 0. The molecule has 1 aliphatic carbocycles. The van der Waals surface area contributed by atoms with Crippen LogP contribution in [0, 0.1) is 18.6 Å². The molecule has 2 aromatic rings. The lowest BCUT2D eigenvalue weighted by Gasteiger charge is -2.21. The second-order valence-electron chi connectivity index (χ2n) is 6.92. The van der Waals surface area contributed by atoms with Crippen molar-refractivity contribution < 1.29 is 13.9 Å². The quantitative estimate of drug-likeness (QED) is 0.669. The van der Waals surface area contributed by atoms with E-state index in [9.17, 15) is 13.9 Å². The Morgan fingerprint density at radius 1 is 0.760 bits per heavy atom. The molecule has 0 saturated carbocycles. The van der Waals surface area contributed by atoms with Gasteiger partial charge >= 0.3 is 0 Å². The summed E-state index contributed by atoms with van der Waals surface area (Å²) in [6.45, 7) is 10.4. The van der Waals surface area contributed by atoms with Crippen LogP contribution in [-0.2, 0) is 0 Å². The summed E-state index contributed by atoms with van der Waals surface area (Å²) in [5.74, 6) is -2.17. The van der Waals surface area contributed by atoms with Gasteiger partial charge in [-0.3, -0.25) is 0 Å². The Kier molecular flexibility index (Phi) is 4.28. The molecule has 0 fully saturated rings. The highest BCUT2D eigenvalue weighted by atomic mass is 19.2. The van der Waals surface area contributed by atoms with Crippen molar-refractivity contribution in [3.05, 3.63) is 75.4 Å². The van der Waals surface area contributed by atoms with E-state index < -0.39 is 11.6 Å². The van der Waals surface area contributed by atoms with E-state index in [-0.39, 0.29) is 11.7 Å². The second-order valence-corrected chi connectivity index (χ2v) is 6.92. The van der Waals surface area contributed by atoms with Gasteiger partial charge in [-0.25, -0.2) is 8.78 Å². The zero-order chi connectivity index (χ0) is 18.5. The highest BCUT2D eigenvalue weighted by Gasteiger charge is 2.28. The minimum atomic E-state index is -1.05. The Morgan fingerprint density at radius 3 is 1.92 bits per heavy atom. The number of halogens is 2. The molecule has 3 heteroatoms. The molecule has 0 heterocycles. The average Bonchev–Trinajstić information content (AvgIpc) is 2.75. The van der Waals surface area contributed by atoms with Gasteiger partial charge in [-0.05, 0) is 63.0 Å². The summed E-state index contributed by atoms with van der Waals surface area (Å²) in [6, 6.07) is 7.78. The van der Waals surface area contributed by atoms with Crippen molar-refractivity contribution in [2.45, 2.75) is 40.5 Å². The van der Waals surface area contributed by atoms with E-state index in [2.05, 4.69) is 33.8 Å². The highest BCUT2D eigenvalue weighted by molar-refractivity contribution is 5.76. The van der Waals surface area contributed by atoms with Crippen molar-refractivity contribution in [2.24, 2.45) is 0 Å². The number of rotatable bonds is 2. The standard InChI is InChI=1S/C22H22F2O/c1-11-6-7-16(17-9-19(23)20(24)10-21(17)25)18(8-11)22-14(4)12(2)13(3)15(22)5/h6-10,22,25H,1-5H3. The number of benzene rings is 2. The Balaban J connectivity index is 2.28. The summed E-state index contributed by atoms with van der Waals surface area (Å²) in [5, 5.41) is 10.2. The molecule has 0 saturated heterocycles. The zero-order valence-corrected chi connectivity index (χ0v) is 15.2. The van der Waals surface area contributed by atoms with E-state index in [0.717, 1.165) is 28.8 Å². The van der Waals surface area contributed by atoms with Gasteiger partial charge in [-0.1, -0.05) is 34.9 Å². The molecule has 1 nitrogen and oxygen atoms in total. The molecule has 0 amide bonds. The van der Waals surface area contributed by atoms with Crippen molar-refractivity contribution >= 4 is 0 Å². The van der Waals surface area contributed by atoms with Crippen LogP contribution >= 0.6 is 0 Å².